The van der Waals surface area contributed by atoms with Gasteiger partial charge in [0.15, 0.2) is 0 Å². The Balaban J connectivity index is 1.32. The van der Waals surface area contributed by atoms with Crippen molar-refractivity contribution >= 4 is 34.3 Å². The zero-order chi connectivity index (χ0) is 25.3. The van der Waals surface area contributed by atoms with Gasteiger partial charge in [0.2, 0.25) is 5.88 Å². The van der Waals surface area contributed by atoms with Crippen LogP contribution in [0.4, 0.5) is 17.3 Å². The van der Waals surface area contributed by atoms with E-state index in [1.165, 1.54) is 22.3 Å². The molecule has 0 fully saturated rings. The third kappa shape index (κ3) is 4.04. The third-order valence-electron chi connectivity index (χ3n) is 7.13. The minimum absolute atomic E-state index is 0.660. The molecule has 5 aromatic carbocycles. The number of furan rings is 1. The van der Waals surface area contributed by atoms with E-state index >= 15 is 0 Å². The summed E-state index contributed by atoms with van der Waals surface area (Å²) in [4.78, 5) is 2.33. The van der Waals surface area contributed by atoms with Gasteiger partial charge in [-0.25, -0.2) is 0 Å². The van der Waals surface area contributed by atoms with E-state index in [4.69, 9.17) is 4.42 Å². The average Bonchev–Trinajstić information content (AvgIpc) is 3.37. The zero-order valence-electron chi connectivity index (χ0n) is 20.8. The van der Waals surface area contributed by atoms with Crippen molar-refractivity contribution in [2.45, 2.75) is 0 Å². The van der Waals surface area contributed by atoms with Crippen molar-refractivity contribution in [1.29, 1.82) is 0 Å². The first-order chi connectivity index (χ1) is 18.8. The van der Waals surface area contributed by atoms with Gasteiger partial charge in [-0.3, -0.25) is 0 Å². The molecule has 0 aliphatic carbocycles. The number of hydrogen-bond donors (Lipinski definition) is 1. The van der Waals surface area contributed by atoms with E-state index in [9.17, 15) is 0 Å². The molecule has 0 atom stereocenters. The monoisotopic (exact) mass is 490 g/mol. The molecule has 1 N–H and O–H groups in total. The molecule has 0 saturated carbocycles. The maximum Gasteiger partial charge on any atom is 0.201 e. The van der Waals surface area contributed by atoms with E-state index in [1.807, 2.05) is 12.1 Å². The normalized spacial score (nSPS) is 12.5. The summed E-state index contributed by atoms with van der Waals surface area (Å²) in [5.74, 6) is 0.828. The van der Waals surface area contributed by atoms with Crippen LogP contribution in [-0.4, -0.2) is 6.54 Å². The van der Waals surface area contributed by atoms with Gasteiger partial charge in [-0.05, 0) is 58.7 Å². The van der Waals surface area contributed by atoms with Crippen LogP contribution in [0.5, 0.6) is 0 Å². The molecule has 182 valence electrons. The number of benzene rings is 5. The Morgan fingerprint density at radius 1 is 0.526 bits per heavy atom. The summed E-state index contributed by atoms with van der Waals surface area (Å²) in [6.45, 7) is 0.660. The zero-order valence-corrected chi connectivity index (χ0v) is 20.8. The second-order valence-electron chi connectivity index (χ2n) is 9.49. The van der Waals surface area contributed by atoms with Gasteiger partial charge in [-0.15, -0.1) is 0 Å². The fraction of sp³-hybridized carbons (Fsp3) is 0.0286. The van der Waals surface area contributed by atoms with E-state index in [1.54, 1.807) is 0 Å². The van der Waals surface area contributed by atoms with Crippen LogP contribution in [-0.2, 0) is 0 Å². The highest BCUT2D eigenvalue weighted by Crippen LogP contribution is 2.39. The van der Waals surface area contributed by atoms with Gasteiger partial charge >= 0.3 is 0 Å². The molecule has 2 heterocycles. The maximum atomic E-state index is 6.09. The molecule has 0 bridgehead atoms. The number of hydrogen-bond acceptors (Lipinski definition) is 3. The van der Waals surface area contributed by atoms with Crippen molar-refractivity contribution in [1.82, 2.24) is 0 Å². The molecule has 3 heteroatoms. The van der Waals surface area contributed by atoms with Crippen LogP contribution in [0.25, 0.3) is 39.3 Å². The molecule has 0 spiro atoms. The molecule has 0 unspecified atom stereocenters. The molecule has 1 aliphatic rings. The molecule has 1 aromatic heterocycles. The minimum atomic E-state index is 0.660. The molecular formula is C35H26N2O. The van der Waals surface area contributed by atoms with Crippen LogP contribution in [0.15, 0.2) is 144 Å². The lowest BCUT2D eigenvalue weighted by Crippen LogP contribution is -2.24. The van der Waals surface area contributed by atoms with E-state index in [-0.39, 0.29) is 0 Å². The van der Waals surface area contributed by atoms with Gasteiger partial charge in [0, 0.05) is 28.0 Å². The van der Waals surface area contributed by atoms with Crippen molar-refractivity contribution in [3.63, 3.8) is 0 Å². The fourth-order valence-electron chi connectivity index (χ4n) is 5.22. The molecule has 38 heavy (non-hydrogen) atoms. The van der Waals surface area contributed by atoms with E-state index in [2.05, 4.69) is 138 Å². The van der Waals surface area contributed by atoms with Crippen LogP contribution < -0.4 is 10.2 Å². The summed E-state index contributed by atoms with van der Waals surface area (Å²) in [5.41, 5.74) is 10.2. The Kier molecular flexibility index (Phi) is 5.52. The SMILES string of the molecule is C1=C(N(c2ccc(-c3ccccc3)cc2)c2ccc(-c3ccccc3)cc2)CNc2oc3ccccc3c21. The highest BCUT2D eigenvalue weighted by Gasteiger charge is 2.23. The highest BCUT2D eigenvalue weighted by atomic mass is 16.3. The standard InChI is InChI=1S/C35H26N2O/c1-3-9-25(10-4-1)27-15-19-29(20-16-27)37(30-21-17-28(18-22-30)26-11-5-2-6-12-26)31-23-33-32-13-7-8-14-34(32)38-35(33)36-24-31/h1-23,36H,24H2. The highest BCUT2D eigenvalue weighted by molar-refractivity contribution is 5.95. The average molecular weight is 491 g/mol. The lowest BCUT2D eigenvalue weighted by Gasteiger charge is -2.30. The first-order valence-corrected chi connectivity index (χ1v) is 12.9. The molecule has 0 saturated heterocycles. The lowest BCUT2D eigenvalue weighted by molar-refractivity contribution is 0.626. The number of nitrogens with one attached hydrogen (secondary N) is 1. The van der Waals surface area contributed by atoms with E-state index in [0.717, 1.165) is 39.5 Å². The summed E-state index contributed by atoms with van der Waals surface area (Å²) in [5, 5.41) is 4.64. The van der Waals surface area contributed by atoms with Gasteiger partial charge < -0.3 is 14.6 Å². The molecule has 3 nitrogen and oxygen atoms in total. The predicted molar refractivity (Wildman–Crippen MR) is 159 cm³/mol. The van der Waals surface area contributed by atoms with Gasteiger partial charge in [-0.2, -0.15) is 0 Å². The van der Waals surface area contributed by atoms with Gasteiger partial charge in [0.05, 0.1) is 6.54 Å². The summed E-state index contributed by atoms with van der Waals surface area (Å²) in [6.07, 6.45) is 2.26. The van der Waals surface area contributed by atoms with Gasteiger partial charge in [0.25, 0.3) is 0 Å². The van der Waals surface area contributed by atoms with Crippen molar-refractivity contribution in [2.24, 2.45) is 0 Å². The smallest absolute Gasteiger partial charge is 0.201 e. The van der Waals surface area contributed by atoms with Crippen molar-refractivity contribution in [2.75, 3.05) is 16.8 Å². The number of fused-ring (bicyclic) bond motifs is 3. The second-order valence-corrected chi connectivity index (χ2v) is 9.49. The Bertz CT molecular complexity index is 1650. The Hall–Kier alpha value is -5.02. The van der Waals surface area contributed by atoms with E-state index < -0.39 is 0 Å². The predicted octanol–water partition coefficient (Wildman–Crippen LogP) is 9.37. The number of anilines is 3. The quantitative estimate of drug-likeness (QED) is 0.261. The molecule has 1 aliphatic heterocycles. The molecular weight excluding hydrogens is 464 g/mol. The van der Waals surface area contributed by atoms with Crippen molar-refractivity contribution in [3.8, 4) is 22.3 Å². The summed E-state index contributed by atoms with van der Waals surface area (Å²) in [7, 11) is 0. The lowest BCUT2D eigenvalue weighted by atomic mass is 10.0. The number of rotatable bonds is 5. The molecule has 0 radical (unpaired) electrons. The fourth-order valence-corrected chi connectivity index (χ4v) is 5.22. The Morgan fingerprint density at radius 3 is 1.61 bits per heavy atom. The van der Waals surface area contributed by atoms with Crippen molar-refractivity contribution < 1.29 is 4.42 Å². The van der Waals surface area contributed by atoms with Crippen LogP contribution in [0, 0.1) is 0 Å². The molecule has 0 amide bonds. The maximum absolute atomic E-state index is 6.09. The minimum Gasteiger partial charge on any atom is -0.440 e. The van der Waals surface area contributed by atoms with Crippen LogP contribution in [0.1, 0.15) is 5.56 Å². The summed E-state index contributed by atoms with van der Waals surface area (Å²) >= 11 is 0. The van der Waals surface area contributed by atoms with E-state index in [0.29, 0.717) is 6.54 Å². The first-order valence-electron chi connectivity index (χ1n) is 12.9. The van der Waals surface area contributed by atoms with Gasteiger partial charge in [-0.1, -0.05) is 103 Å². The van der Waals surface area contributed by atoms with Crippen LogP contribution in [0.2, 0.25) is 0 Å². The Morgan fingerprint density at radius 2 is 1.03 bits per heavy atom. The summed E-state index contributed by atoms with van der Waals surface area (Å²) < 4.78 is 6.09. The second kappa shape index (κ2) is 9.45. The topological polar surface area (TPSA) is 28.4 Å². The first kappa shape index (κ1) is 22.2. The molecule has 6 aromatic rings. The van der Waals surface area contributed by atoms with Crippen LogP contribution >= 0.6 is 0 Å². The Labute approximate surface area is 222 Å². The van der Waals surface area contributed by atoms with Crippen molar-refractivity contribution in [3.05, 3.63) is 145 Å². The third-order valence-corrected chi connectivity index (χ3v) is 7.13. The number of para-hydroxylation sites is 1. The largest absolute Gasteiger partial charge is 0.440 e. The van der Waals surface area contributed by atoms with Gasteiger partial charge in [0.1, 0.15) is 5.58 Å². The van der Waals surface area contributed by atoms with Crippen LogP contribution in [0.3, 0.4) is 0 Å². The summed E-state index contributed by atoms with van der Waals surface area (Å²) in [6, 6.07) is 46.8. The molecule has 7 rings (SSSR count). The number of nitrogens with zero attached hydrogens (tertiary/aromatic N) is 1.